The first-order chi connectivity index (χ1) is 10.6. The molecule has 0 saturated heterocycles. The third kappa shape index (κ3) is 2.88. The summed E-state index contributed by atoms with van der Waals surface area (Å²) in [5.41, 5.74) is 1.46. The molecule has 0 atom stereocenters. The van der Waals surface area contributed by atoms with Gasteiger partial charge < -0.3 is 0 Å². The molecule has 3 rings (SSSR count). The summed E-state index contributed by atoms with van der Waals surface area (Å²) in [5, 5.41) is 7.81. The lowest BCUT2D eigenvalue weighted by molar-refractivity contribution is 0.590. The molecule has 3 aromatic rings. The van der Waals surface area contributed by atoms with Crippen LogP contribution < -0.4 is 4.31 Å². The van der Waals surface area contributed by atoms with E-state index in [0.29, 0.717) is 5.69 Å². The van der Waals surface area contributed by atoms with Crippen molar-refractivity contribution in [2.45, 2.75) is 11.4 Å². The summed E-state index contributed by atoms with van der Waals surface area (Å²) in [5.74, 6) is 0. The predicted molar refractivity (Wildman–Crippen MR) is 85.1 cm³/mol. The number of aryl methyl sites for hydroxylation is 1. The van der Waals surface area contributed by atoms with E-state index in [2.05, 4.69) is 10.1 Å². The fourth-order valence-electron chi connectivity index (χ4n) is 2.02. The summed E-state index contributed by atoms with van der Waals surface area (Å²) in [4.78, 5) is 4.18. The van der Waals surface area contributed by atoms with E-state index in [1.54, 1.807) is 31.6 Å². The van der Waals surface area contributed by atoms with Crippen molar-refractivity contribution >= 4 is 27.0 Å². The first kappa shape index (κ1) is 14.7. The Labute approximate surface area is 132 Å². The van der Waals surface area contributed by atoms with Crippen LogP contribution in [-0.4, -0.2) is 23.2 Å². The number of rotatable bonds is 5. The van der Waals surface area contributed by atoms with Crippen molar-refractivity contribution in [1.29, 1.82) is 0 Å². The number of hydrogen-bond acceptors (Lipinski definition) is 5. The van der Waals surface area contributed by atoms with Crippen molar-refractivity contribution in [3.63, 3.8) is 0 Å². The maximum atomic E-state index is 12.9. The molecule has 0 amide bonds. The van der Waals surface area contributed by atoms with E-state index in [9.17, 15) is 8.42 Å². The Balaban J connectivity index is 2.05. The van der Waals surface area contributed by atoms with Crippen LogP contribution in [0.2, 0.25) is 0 Å². The van der Waals surface area contributed by atoms with E-state index in [4.69, 9.17) is 0 Å². The number of thiophene rings is 1. The van der Waals surface area contributed by atoms with Gasteiger partial charge in [0, 0.05) is 19.4 Å². The Kier molecular flexibility index (Phi) is 3.95. The van der Waals surface area contributed by atoms with E-state index in [0.717, 1.165) is 5.56 Å². The van der Waals surface area contributed by atoms with Crippen molar-refractivity contribution in [3.05, 3.63) is 59.3 Å². The molecule has 0 fully saturated rings. The minimum atomic E-state index is -3.69. The molecular formula is C14H14N4O2S2. The Bertz CT molecular complexity index is 842. The van der Waals surface area contributed by atoms with Gasteiger partial charge >= 0.3 is 0 Å². The highest BCUT2D eigenvalue weighted by atomic mass is 32.2. The molecule has 3 heterocycles. The van der Waals surface area contributed by atoms with Gasteiger partial charge in [-0.15, -0.1) is 0 Å². The van der Waals surface area contributed by atoms with Crippen LogP contribution in [0.5, 0.6) is 0 Å². The number of hydrogen-bond donors (Lipinski definition) is 0. The number of pyridine rings is 1. The van der Waals surface area contributed by atoms with Crippen molar-refractivity contribution < 1.29 is 8.42 Å². The van der Waals surface area contributed by atoms with E-state index in [-0.39, 0.29) is 11.4 Å². The standard InChI is InChI=1S/C14H14N4O2S2/c1-17-10-14(8-16-17)22(19,20)18(9-12-4-6-21-11-12)13-3-2-5-15-7-13/h2-8,10-11H,9H2,1H3. The predicted octanol–water partition coefficient (Wildman–Crippen LogP) is 2.27. The summed E-state index contributed by atoms with van der Waals surface area (Å²) in [6.45, 7) is 0.256. The molecule has 0 bridgehead atoms. The Hall–Kier alpha value is -2.19. The molecule has 8 heteroatoms. The molecule has 3 aromatic heterocycles. The number of nitrogens with zero attached hydrogens (tertiary/aromatic N) is 4. The first-order valence-electron chi connectivity index (χ1n) is 6.50. The van der Waals surface area contributed by atoms with Crippen molar-refractivity contribution in [2.75, 3.05) is 4.31 Å². The molecule has 0 unspecified atom stereocenters. The van der Waals surface area contributed by atoms with Gasteiger partial charge in [0.25, 0.3) is 10.0 Å². The fraction of sp³-hybridized carbons (Fsp3) is 0.143. The molecule has 0 N–H and O–H groups in total. The molecular weight excluding hydrogens is 320 g/mol. The van der Waals surface area contributed by atoms with Crippen LogP contribution in [0.3, 0.4) is 0 Å². The van der Waals surface area contributed by atoms with E-state index in [1.165, 1.54) is 32.7 Å². The van der Waals surface area contributed by atoms with Gasteiger partial charge in [0.1, 0.15) is 4.90 Å². The monoisotopic (exact) mass is 334 g/mol. The van der Waals surface area contributed by atoms with E-state index in [1.807, 2.05) is 16.8 Å². The zero-order valence-electron chi connectivity index (χ0n) is 11.8. The highest BCUT2D eigenvalue weighted by Gasteiger charge is 2.26. The molecule has 0 aliphatic rings. The summed E-state index contributed by atoms with van der Waals surface area (Å²) < 4.78 is 28.7. The van der Waals surface area contributed by atoms with E-state index < -0.39 is 10.0 Å². The third-order valence-corrected chi connectivity index (χ3v) is 5.57. The lowest BCUT2D eigenvalue weighted by atomic mass is 10.3. The van der Waals surface area contributed by atoms with Crippen LogP contribution in [0.25, 0.3) is 0 Å². The topological polar surface area (TPSA) is 68.1 Å². The van der Waals surface area contributed by atoms with Crippen molar-refractivity contribution in [3.8, 4) is 0 Å². The zero-order valence-corrected chi connectivity index (χ0v) is 13.5. The van der Waals surface area contributed by atoms with Crippen LogP contribution in [0.15, 0.2) is 58.6 Å². The normalized spacial score (nSPS) is 11.5. The van der Waals surface area contributed by atoms with Crippen LogP contribution in [0.4, 0.5) is 5.69 Å². The van der Waals surface area contributed by atoms with Gasteiger partial charge in [-0.05, 0) is 34.5 Å². The van der Waals surface area contributed by atoms with Crippen LogP contribution in [0.1, 0.15) is 5.56 Å². The van der Waals surface area contributed by atoms with Gasteiger partial charge in [-0.3, -0.25) is 14.0 Å². The highest BCUT2D eigenvalue weighted by molar-refractivity contribution is 7.92. The molecule has 0 aromatic carbocycles. The minimum absolute atomic E-state index is 0.161. The summed E-state index contributed by atoms with van der Waals surface area (Å²) >= 11 is 1.53. The molecule has 6 nitrogen and oxygen atoms in total. The maximum Gasteiger partial charge on any atom is 0.267 e. The van der Waals surface area contributed by atoms with Gasteiger partial charge in [-0.25, -0.2) is 8.42 Å². The van der Waals surface area contributed by atoms with Crippen LogP contribution in [-0.2, 0) is 23.6 Å². The second-order valence-corrected chi connectivity index (χ2v) is 7.35. The summed E-state index contributed by atoms with van der Waals surface area (Å²) in [6, 6.07) is 5.36. The average molecular weight is 334 g/mol. The third-order valence-electron chi connectivity index (χ3n) is 3.11. The van der Waals surface area contributed by atoms with Gasteiger partial charge in [0.2, 0.25) is 0 Å². The van der Waals surface area contributed by atoms with Crippen LogP contribution in [0, 0.1) is 0 Å². The highest BCUT2D eigenvalue weighted by Crippen LogP contribution is 2.25. The number of anilines is 1. The minimum Gasteiger partial charge on any atom is -0.274 e. The molecule has 0 spiro atoms. The van der Waals surface area contributed by atoms with Gasteiger partial charge in [0.15, 0.2) is 0 Å². The van der Waals surface area contributed by atoms with Crippen molar-refractivity contribution in [1.82, 2.24) is 14.8 Å². The van der Waals surface area contributed by atoms with Gasteiger partial charge in [0.05, 0.1) is 24.6 Å². The van der Waals surface area contributed by atoms with Gasteiger partial charge in [-0.1, -0.05) is 0 Å². The number of aromatic nitrogens is 3. The van der Waals surface area contributed by atoms with Gasteiger partial charge in [-0.2, -0.15) is 16.4 Å². The molecule has 0 radical (unpaired) electrons. The summed E-state index contributed by atoms with van der Waals surface area (Å²) in [6.07, 6.45) is 6.00. The fourth-order valence-corrected chi connectivity index (χ4v) is 4.11. The first-order valence-corrected chi connectivity index (χ1v) is 8.88. The smallest absolute Gasteiger partial charge is 0.267 e. The Morgan fingerprint density at radius 2 is 2.18 bits per heavy atom. The average Bonchev–Trinajstić information content (AvgIpc) is 3.17. The van der Waals surface area contributed by atoms with Crippen LogP contribution >= 0.6 is 11.3 Å². The quantitative estimate of drug-likeness (QED) is 0.718. The largest absolute Gasteiger partial charge is 0.274 e. The second kappa shape index (κ2) is 5.90. The molecule has 0 aliphatic heterocycles. The Morgan fingerprint density at radius 1 is 1.32 bits per heavy atom. The lowest BCUT2D eigenvalue weighted by Crippen LogP contribution is -2.30. The summed E-state index contributed by atoms with van der Waals surface area (Å²) in [7, 11) is -2.01. The molecule has 0 saturated carbocycles. The SMILES string of the molecule is Cn1cc(S(=O)(=O)N(Cc2ccsc2)c2cccnc2)cn1. The number of sulfonamides is 1. The van der Waals surface area contributed by atoms with E-state index >= 15 is 0 Å². The zero-order chi connectivity index (χ0) is 15.6. The molecule has 0 aliphatic carbocycles. The lowest BCUT2D eigenvalue weighted by Gasteiger charge is -2.23. The Morgan fingerprint density at radius 3 is 2.77 bits per heavy atom. The maximum absolute atomic E-state index is 12.9. The molecule has 22 heavy (non-hydrogen) atoms. The second-order valence-electron chi connectivity index (χ2n) is 4.70. The molecule has 114 valence electrons. The van der Waals surface area contributed by atoms with Crippen molar-refractivity contribution in [2.24, 2.45) is 7.05 Å².